The lowest BCUT2D eigenvalue weighted by Gasteiger charge is -2.18. The van der Waals surface area contributed by atoms with E-state index in [4.69, 9.17) is 5.73 Å². The smallest absolute Gasteiger partial charge is 0.271 e. The summed E-state index contributed by atoms with van der Waals surface area (Å²) in [5.74, 6) is -0.0466. The number of carbonyl (C=O) groups is 1. The summed E-state index contributed by atoms with van der Waals surface area (Å²) in [4.78, 5) is 31.1. The fourth-order valence-corrected chi connectivity index (χ4v) is 5.63. The first-order valence-corrected chi connectivity index (χ1v) is 12.7. The number of fused-ring (bicyclic) bond motifs is 1. The van der Waals surface area contributed by atoms with Crippen LogP contribution in [0.15, 0.2) is 51.1 Å². The number of hydrogen-bond acceptors (Lipinski definition) is 7. The molecule has 33 heavy (non-hydrogen) atoms. The van der Waals surface area contributed by atoms with Gasteiger partial charge in [0, 0.05) is 37.6 Å². The van der Waals surface area contributed by atoms with Crippen LogP contribution in [0.3, 0.4) is 0 Å². The summed E-state index contributed by atoms with van der Waals surface area (Å²) in [6, 6.07) is 10.4. The van der Waals surface area contributed by atoms with Gasteiger partial charge in [0.05, 0.1) is 4.90 Å². The highest BCUT2D eigenvalue weighted by atomic mass is 32.2. The van der Waals surface area contributed by atoms with Gasteiger partial charge in [0.1, 0.15) is 16.4 Å². The number of aliphatic imine (C=N–C) groups is 1. The summed E-state index contributed by atoms with van der Waals surface area (Å²) in [5, 5.41) is 3.69. The number of amidine groups is 1. The first kappa shape index (κ1) is 22.7. The number of aromatic amines is 1. The number of sulfone groups is 1. The molecule has 1 aliphatic rings. The van der Waals surface area contributed by atoms with E-state index in [1.54, 1.807) is 29.2 Å². The van der Waals surface area contributed by atoms with Gasteiger partial charge in [0.2, 0.25) is 0 Å². The first-order valence-electron chi connectivity index (χ1n) is 10.0. The normalized spacial score (nSPS) is 13.8. The first-order chi connectivity index (χ1) is 15.6. The van der Waals surface area contributed by atoms with Gasteiger partial charge >= 0.3 is 0 Å². The number of H-pyrrole nitrogens is 1. The van der Waals surface area contributed by atoms with E-state index in [1.165, 1.54) is 13.3 Å². The van der Waals surface area contributed by atoms with Gasteiger partial charge in [-0.2, -0.15) is 0 Å². The molecule has 3 aromatic rings. The molecule has 0 bridgehead atoms. The number of nitrogens with one attached hydrogen (secondary N) is 2. The summed E-state index contributed by atoms with van der Waals surface area (Å²) in [5.41, 5.74) is 9.26. The van der Waals surface area contributed by atoms with Crippen LogP contribution in [-0.2, 0) is 22.9 Å². The quantitative estimate of drug-likeness (QED) is 0.375. The third-order valence-corrected chi connectivity index (χ3v) is 7.52. The van der Waals surface area contributed by atoms with Gasteiger partial charge in [-0.3, -0.25) is 19.0 Å². The van der Waals surface area contributed by atoms with Crippen LogP contribution < -0.4 is 16.6 Å². The maximum Gasteiger partial charge on any atom is 0.271 e. The van der Waals surface area contributed by atoms with Crippen molar-refractivity contribution in [1.82, 2.24) is 9.27 Å². The summed E-state index contributed by atoms with van der Waals surface area (Å²) in [6.07, 6.45) is 1.18. The number of rotatable bonds is 5. The highest BCUT2D eigenvalue weighted by molar-refractivity contribution is 7.90. The Morgan fingerprint density at radius 3 is 2.67 bits per heavy atom. The molecule has 1 aliphatic heterocycles. The molecule has 0 saturated heterocycles. The van der Waals surface area contributed by atoms with Gasteiger partial charge in [-0.1, -0.05) is 12.1 Å². The summed E-state index contributed by atoms with van der Waals surface area (Å²) >= 11 is 1.11. The second-order valence-corrected chi connectivity index (χ2v) is 10.6. The average Bonchev–Trinajstić information content (AvgIpc) is 3.35. The van der Waals surface area contributed by atoms with E-state index >= 15 is 0 Å². The Bertz CT molecular complexity index is 1450. The predicted octanol–water partition coefficient (Wildman–Crippen LogP) is 2.38. The third-order valence-electron chi connectivity index (χ3n) is 5.54. The number of hydrogen-bond donors (Lipinski definition) is 3. The number of anilines is 2. The van der Waals surface area contributed by atoms with Crippen LogP contribution in [-0.4, -0.2) is 42.7 Å². The van der Waals surface area contributed by atoms with Crippen LogP contribution in [0.1, 0.15) is 32.6 Å². The van der Waals surface area contributed by atoms with Gasteiger partial charge in [0.15, 0.2) is 9.84 Å². The maximum atomic E-state index is 13.2. The monoisotopic (exact) mass is 485 g/mol. The van der Waals surface area contributed by atoms with Crippen molar-refractivity contribution >= 4 is 43.8 Å². The molecule has 0 saturated carbocycles. The SMILES string of the molecule is CN=C(N)c1c(Nc2ccc(C(=O)N3Cc4cccc(S(C)(=O)=O)c4C3)c(C)c2)s[nH]c1=O. The molecular formula is C22H23N5O4S2. The minimum Gasteiger partial charge on any atom is -0.383 e. The van der Waals surface area contributed by atoms with Gasteiger partial charge in [0.25, 0.3) is 11.5 Å². The van der Waals surface area contributed by atoms with Crippen molar-refractivity contribution in [3.05, 3.63) is 74.6 Å². The van der Waals surface area contributed by atoms with E-state index in [0.717, 1.165) is 22.7 Å². The number of aryl methyl sites for hydroxylation is 1. The van der Waals surface area contributed by atoms with E-state index in [1.807, 2.05) is 19.1 Å². The minimum absolute atomic E-state index is 0.130. The number of benzene rings is 2. The zero-order chi connectivity index (χ0) is 23.9. The Morgan fingerprint density at radius 1 is 1.24 bits per heavy atom. The van der Waals surface area contributed by atoms with E-state index in [2.05, 4.69) is 14.7 Å². The molecule has 0 atom stereocenters. The lowest BCUT2D eigenvalue weighted by atomic mass is 10.1. The van der Waals surface area contributed by atoms with Gasteiger partial charge in [-0.25, -0.2) is 8.42 Å². The Hall–Kier alpha value is -3.44. The fourth-order valence-electron chi connectivity index (χ4n) is 3.90. The van der Waals surface area contributed by atoms with Crippen LogP contribution in [0.25, 0.3) is 0 Å². The van der Waals surface area contributed by atoms with E-state index in [-0.39, 0.29) is 34.3 Å². The summed E-state index contributed by atoms with van der Waals surface area (Å²) < 4.78 is 26.9. The molecular weight excluding hydrogens is 462 g/mol. The van der Waals surface area contributed by atoms with Crippen LogP contribution in [0.5, 0.6) is 0 Å². The van der Waals surface area contributed by atoms with E-state index < -0.39 is 9.84 Å². The number of carbonyl (C=O) groups excluding carboxylic acids is 1. The molecule has 0 fully saturated rings. The molecule has 0 spiro atoms. The van der Waals surface area contributed by atoms with Crippen molar-refractivity contribution in [2.75, 3.05) is 18.6 Å². The zero-order valence-corrected chi connectivity index (χ0v) is 19.9. The standard InChI is InChI=1S/C22H23N5O4S2/c1-12-9-14(25-21-18(19(23)24-2)20(28)26-32-21)7-8-15(12)22(29)27-10-13-5-4-6-17(16(13)11-27)33(3,30)31/h4-9,25H,10-11H2,1-3H3,(H2,23,24)(H,26,28). The fraction of sp³-hybridized carbons (Fsp3) is 0.227. The van der Waals surface area contributed by atoms with E-state index in [0.29, 0.717) is 28.4 Å². The topological polar surface area (TPSA) is 138 Å². The van der Waals surface area contributed by atoms with Crippen molar-refractivity contribution in [3.63, 3.8) is 0 Å². The highest BCUT2D eigenvalue weighted by Crippen LogP contribution is 2.31. The van der Waals surface area contributed by atoms with Gasteiger partial charge in [-0.05, 0) is 59.4 Å². The van der Waals surface area contributed by atoms with Crippen LogP contribution >= 0.6 is 11.5 Å². The van der Waals surface area contributed by atoms with Gasteiger partial charge in [-0.15, -0.1) is 0 Å². The molecule has 11 heteroatoms. The Morgan fingerprint density at radius 2 is 2.00 bits per heavy atom. The predicted molar refractivity (Wildman–Crippen MR) is 129 cm³/mol. The second-order valence-electron chi connectivity index (χ2n) is 7.83. The maximum absolute atomic E-state index is 13.2. The Kier molecular flexibility index (Phi) is 5.85. The summed E-state index contributed by atoms with van der Waals surface area (Å²) in [6.45, 7) is 2.42. The number of aromatic nitrogens is 1. The molecule has 2 aromatic carbocycles. The molecule has 0 radical (unpaired) electrons. The molecule has 4 N–H and O–H groups in total. The minimum atomic E-state index is -3.38. The third kappa shape index (κ3) is 4.29. The number of amides is 1. The second kappa shape index (κ2) is 8.49. The molecule has 2 heterocycles. The number of nitrogens with zero attached hydrogens (tertiary/aromatic N) is 2. The number of nitrogens with two attached hydrogens (primary N) is 1. The molecule has 172 valence electrons. The van der Waals surface area contributed by atoms with Gasteiger partial charge < -0.3 is 16.0 Å². The Balaban J connectivity index is 1.57. The van der Waals surface area contributed by atoms with Crippen molar-refractivity contribution in [2.24, 2.45) is 10.7 Å². The van der Waals surface area contributed by atoms with Crippen molar-refractivity contribution in [3.8, 4) is 0 Å². The lowest BCUT2D eigenvalue weighted by Crippen LogP contribution is -2.26. The largest absolute Gasteiger partial charge is 0.383 e. The molecule has 4 rings (SSSR count). The summed E-state index contributed by atoms with van der Waals surface area (Å²) in [7, 11) is -1.87. The van der Waals surface area contributed by atoms with Crippen molar-refractivity contribution in [2.45, 2.75) is 24.9 Å². The molecule has 0 unspecified atom stereocenters. The average molecular weight is 486 g/mol. The molecule has 1 amide bonds. The molecule has 9 nitrogen and oxygen atoms in total. The molecule has 1 aromatic heterocycles. The van der Waals surface area contributed by atoms with Crippen LogP contribution in [0, 0.1) is 6.92 Å². The van der Waals surface area contributed by atoms with Crippen molar-refractivity contribution < 1.29 is 13.2 Å². The zero-order valence-electron chi connectivity index (χ0n) is 18.3. The van der Waals surface area contributed by atoms with Crippen LogP contribution in [0.4, 0.5) is 10.7 Å². The lowest BCUT2D eigenvalue weighted by molar-refractivity contribution is 0.0750. The van der Waals surface area contributed by atoms with E-state index in [9.17, 15) is 18.0 Å². The van der Waals surface area contributed by atoms with Crippen LogP contribution in [0.2, 0.25) is 0 Å². The highest BCUT2D eigenvalue weighted by Gasteiger charge is 2.29. The Labute approximate surface area is 195 Å². The molecule has 0 aliphatic carbocycles. The van der Waals surface area contributed by atoms with Crippen molar-refractivity contribution in [1.29, 1.82) is 0 Å².